The summed E-state index contributed by atoms with van der Waals surface area (Å²) in [6, 6.07) is -1.63. The molecule has 1 fully saturated rings. The molecular weight excluding hydrogens is 576 g/mol. The number of urea groups is 1. The van der Waals surface area contributed by atoms with Gasteiger partial charge in [0.25, 0.3) is 0 Å². The van der Waals surface area contributed by atoms with Crippen molar-refractivity contribution >= 4 is 34.1 Å². The average Bonchev–Trinajstić information content (AvgIpc) is 3.28. The van der Waals surface area contributed by atoms with Gasteiger partial charge < -0.3 is 15.4 Å². The number of hydrogen-bond donors (Lipinski definition) is 3. The number of alkyl halides is 6. The number of piperidine rings is 1. The van der Waals surface area contributed by atoms with Crippen molar-refractivity contribution in [2.24, 2.45) is 5.92 Å². The van der Waals surface area contributed by atoms with E-state index in [4.69, 9.17) is 4.74 Å². The molecule has 1 aromatic heterocycles. The Hall–Kier alpha value is -3.13. The summed E-state index contributed by atoms with van der Waals surface area (Å²) in [5.74, 6) is -2.24. The Morgan fingerprint density at radius 1 is 1.00 bits per heavy atom. The Morgan fingerprint density at radius 2 is 1.61 bits per heavy atom. The van der Waals surface area contributed by atoms with Crippen molar-refractivity contribution in [1.29, 1.82) is 0 Å². The number of nitrogens with one attached hydrogen (secondary N) is 3. The van der Waals surface area contributed by atoms with Crippen LogP contribution in [0.25, 0.3) is 0 Å². The van der Waals surface area contributed by atoms with Crippen LogP contribution in [0.1, 0.15) is 74.9 Å². The number of hydrogen-bond acceptors (Lipinski definition) is 6. The van der Waals surface area contributed by atoms with Crippen LogP contribution in [0.5, 0.6) is 0 Å². The molecule has 0 radical (unpaired) electrons. The number of carbonyl (C=O) groups excluding carboxylic acids is 3. The van der Waals surface area contributed by atoms with E-state index in [0.29, 0.717) is 50.9 Å². The standard InChI is InChI=1S/C27H29F6N3O4S/c1-2-40-24(38)20-18-5-3-4-6-19(18)41-23(20)36-25(39)35-21(14-7-9-34-10-8-14)22(37)15-11-16(26(28,29)30)13-17(12-15)27(31,32)33/h11-14,21,34H,2-10H2,1H3,(H2,35,36,39). The first kappa shape index (κ1) is 30.8. The van der Waals surface area contributed by atoms with E-state index < -0.39 is 58.8 Å². The topological polar surface area (TPSA) is 96.5 Å². The summed E-state index contributed by atoms with van der Waals surface area (Å²) in [4.78, 5) is 40.4. The van der Waals surface area contributed by atoms with Crippen molar-refractivity contribution in [3.8, 4) is 0 Å². The Kier molecular flexibility index (Phi) is 9.32. The first-order valence-corrected chi connectivity index (χ1v) is 14.0. The van der Waals surface area contributed by atoms with E-state index in [-0.39, 0.29) is 23.2 Å². The van der Waals surface area contributed by atoms with Crippen LogP contribution < -0.4 is 16.0 Å². The van der Waals surface area contributed by atoms with Gasteiger partial charge in [0.1, 0.15) is 5.00 Å². The second-order valence-corrected chi connectivity index (χ2v) is 11.1. The molecule has 14 heteroatoms. The van der Waals surface area contributed by atoms with E-state index in [2.05, 4.69) is 16.0 Å². The number of thiophene rings is 1. The van der Waals surface area contributed by atoms with Crippen molar-refractivity contribution in [1.82, 2.24) is 10.6 Å². The number of ketones is 1. The SMILES string of the molecule is CCOC(=O)c1c(NC(=O)NC(C(=O)c2cc(C(F)(F)F)cc(C(F)(F)F)c2)C2CCNCC2)sc2c1CCCC2. The van der Waals surface area contributed by atoms with Crippen molar-refractivity contribution in [2.45, 2.75) is 63.8 Å². The predicted octanol–water partition coefficient (Wildman–Crippen LogP) is 6.21. The van der Waals surface area contributed by atoms with E-state index in [9.17, 15) is 40.7 Å². The number of rotatable bonds is 7. The number of halogens is 6. The Balaban J connectivity index is 1.66. The molecule has 1 unspecified atom stereocenters. The molecule has 1 aliphatic carbocycles. The number of benzene rings is 1. The second kappa shape index (κ2) is 12.4. The Labute approximate surface area is 236 Å². The minimum atomic E-state index is -5.13. The predicted molar refractivity (Wildman–Crippen MR) is 139 cm³/mol. The van der Waals surface area contributed by atoms with Gasteiger partial charge in [-0.3, -0.25) is 10.1 Å². The molecule has 7 nitrogen and oxygen atoms in total. The molecule has 41 heavy (non-hydrogen) atoms. The Morgan fingerprint density at radius 3 is 2.20 bits per heavy atom. The van der Waals surface area contributed by atoms with Gasteiger partial charge in [-0.15, -0.1) is 11.3 Å². The van der Waals surface area contributed by atoms with Gasteiger partial charge in [-0.25, -0.2) is 9.59 Å². The molecule has 0 spiro atoms. The van der Waals surface area contributed by atoms with Gasteiger partial charge in [0.2, 0.25) is 0 Å². The molecule has 3 N–H and O–H groups in total. The first-order chi connectivity index (χ1) is 19.3. The number of anilines is 1. The van der Waals surface area contributed by atoms with Crippen molar-refractivity contribution < 1.29 is 45.5 Å². The van der Waals surface area contributed by atoms with Gasteiger partial charge in [-0.1, -0.05) is 0 Å². The molecular formula is C27H29F6N3O4S. The minimum Gasteiger partial charge on any atom is -0.462 e. The molecule has 0 saturated carbocycles. The van der Waals surface area contributed by atoms with E-state index in [1.807, 2.05) is 0 Å². The maximum Gasteiger partial charge on any atom is 0.416 e. The monoisotopic (exact) mass is 605 g/mol. The summed E-state index contributed by atoms with van der Waals surface area (Å²) in [5.41, 5.74) is -3.04. The molecule has 224 valence electrons. The second-order valence-electron chi connectivity index (χ2n) is 9.96. The smallest absolute Gasteiger partial charge is 0.416 e. The van der Waals surface area contributed by atoms with Crippen LogP contribution in [0, 0.1) is 5.92 Å². The Bertz CT molecular complexity index is 1270. The van der Waals surface area contributed by atoms with E-state index in [0.717, 1.165) is 23.3 Å². The number of ether oxygens (including phenoxy) is 1. The number of esters is 1. The van der Waals surface area contributed by atoms with Crippen LogP contribution >= 0.6 is 11.3 Å². The summed E-state index contributed by atoms with van der Waals surface area (Å²) >= 11 is 1.20. The molecule has 2 heterocycles. The van der Waals surface area contributed by atoms with E-state index >= 15 is 0 Å². The third-order valence-electron chi connectivity index (χ3n) is 7.17. The highest BCUT2D eigenvalue weighted by molar-refractivity contribution is 7.17. The molecule has 1 atom stereocenters. The molecule has 0 bridgehead atoms. The summed E-state index contributed by atoms with van der Waals surface area (Å²) < 4.78 is 85.9. The fourth-order valence-electron chi connectivity index (χ4n) is 5.21. The van der Waals surface area contributed by atoms with Crippen LogP contribution in [0.3, 0.4) is 0 Å². The fraction of sp³-hybridized carbons (Fsp3) is 0.519. The lowest BCUT2D eigenvalue weighted by Gasteiger charge is -2.30. The zero-order chi connectivity index (χ0) is 29.9. The lowest BCUT2D eigenvalue weighted by molar-refractivity contribution is -0.143. The molecule has 4 rings (SSSR count). The highest BCUT2D eigenvalue weighted by Gasteiger charge is 2.39. The van der Waals surface area contributed by atoms with Crippen LogP contribution in [0.4, 0.5) is 36.1 Å². The quantitative estimate of drug-likeness (QED) is 0.198. The summed E-state index contributed by atoms with van der Waals surface area (Å²) in [6.45, 7) is 2.64. The van der Waals surface area contributed by atoms with Gasteiger partial charge in [0, 0.05) is 10.4 Å². The molecule has 2 aliphatic rings. The number of amides is 2. The van der Waals surface area contributed by atoms with Crippen LogP contribution in [-0.4, -0.2) is 43.5 Å². The molecule has 1 saturated heterocycles. The molecule has 1 aromatic carbocycles. The summed E-state index contributed by atoms with van der Waals surface area (Å²) in [5, 5.41) is 8.37. The molecule has 2 amide bonds. The van der Waals surface area contributed by atoms with Crippen molar-refractivity contribution in [2.75, 3.05) is 25.0 Å². The number of fused-ring (bicyclic) bond motifs is 1. The lowest BCUT2D eigenvalue weighted by Crippen LogP contribution is -2.50. The highest BCUT2D eigenvalue weighted by atomic mass is 32.1. The van der Waals surface area contributed by atoms with E-state index in [1.165, 1.54) is 11.3 Å². The average molecular weight is 606 g/mol. The number of aryl methyl sites for hydroxylation is 1. The van der Waals surface area contributed by atoms with Crippen molar-refractivity contribution in [3.63, 3.8) is 0 Å². The fourth-order valence-corrected chi connectivity index (χ4v) is 6.48. The lowest BCUT2D eigenvalue weighted by atomic mass is 9.85. The number of Topliss-reactive ketones (excluding diaryl/α,β-unsaturated/α-hetero) is 1. The zero-order valence-corrected chi connectivity index (χ0v) is 22.9. The maximum absolute atomic E-state index is 13.5. The van der Waals surface area contributed by atoms with Gasteiger partial charge in [0.05, 0.1) is 29.3 Å². The highest BCUT2D eigenvalue weighted by Crippen LogP contribution is 2.39. The molecule has 1 aliphatic heterocycles. The largest absolute Gasteiger partial charge is 0.462 e. The maximum atomic E-state index is 13.5. The zero-order valence-electron chi connectivity index (χ0n) is 22.1. The first-order valence-electron chi connectivity index (χ1n) is 13.2. The summed E-state index contributed by atoms with van der Waals surface area (Å²) in [6.07, 6.45) is -6.47. The van der Waals surface area contributed by atoms with E-state index in [1.54, 1.807) is 6.92 Å². The normalized spacial score (nSPS) is 17.0. The summed E-state index contributed by atoms with van der Waals surface area (Å²) in [7, 11) is 0. The van der Waals surface area contributed by atoms with Crippen LogP contribution in [0.2, 0.25) is 0 Å². The number of carbonyl (C=O) groups is 3. The third kappa shape index (κ3) is 7.21. The van der Waals surface area contributed by atoms with Gasteiger partial charge in [-0.05, 0) is 88.2 Å². The van der Waals surface area contributed by atoms with Crippen LogP contribution in [-0.2, 0) is 29.9 Å². The minimum absolute atomic E-state index is 0.0497. The van der Waals surface area contributed by atoms with Gasteiger partial charge in [-0.2, -0.15) is 26.3 Å². The molecule has 2 aromatic rings. The third-order valence-corrected chi connectivity index (χ3v) is 8.38. The van der Waals surface area contributed by atoms with Crippen molar-refractivity contribution in [3.05, 3.63) is 50.9 Å². The van der Waals surface area contributed by atoms with Gasteiger partial charge >= 0.3 is 24.4 Å². The van der Waals surface area contributed by atoms with Gasteiger partial charge in [0.15, 0.2) is 5.78 Å². The van der Waals surface area contributed by atoms with Crippen LogP contribution in [0.15, 0.2) is 18.2 Å².